The number of rotatable bonds is 5. The second kappa shape index (κ2) is 5.21. The molecule has 1 saturated carbocycles. The van der Waals surface area contributed by atoms with Gasteiger partial charge in [-0.05, 0) is 50.2 Å². The van der Waals surface area contributed by atoms with Crippen LogP contribution >= 0.6 is 0 Å². The highest BCUT2D eigenvalue weighted by Crippen LogP contribution is 2.46. The van der Waals surface area contributed by atoms with Crippen molar-refractivity contribution in [2.45, 2.75) is 18.3 Å². The van der Waals surface area contributed by atoms with Crippen molar-refractivity contribution in [3.8, 4) is 17.0 Å². The zero-order valence-electron chi connectivity index (χ0n) is 11.9. The Balaban J connectivity index is 1.90. The molecule has 2 aromatic rings. The summed E-state index contributed by atoms with van der Waals surface area (Å²) >= 11 is 0. The van der Waals surface area contributed by atoms with Gasteiger partial charge in [0.25, 0.3) is 0 Å². The van der Waals surface area contributed by atoms with Gasteiger partial charge in [0, 0.05) is 23.7 Å². The lowest BCUT2D eigenvalue weighted by molar-refractivity contribution is 0.415. The summed E-state index contributed by atoms with van der Waals surface area (Å²) in [7, 11) is 3.65. The quantitative estimate of drug-likeness (QED) is 0.905. The predicted molar refractivity (Wildman–Crippen MR) is 78.9 cm³/mol. The van der Waals surface area contributed by atoms with Gasteiger partial charge in [-0.25, -0.2) is 9.97 Å². The van der Waals surface area contributed by atoms with E-state index >= 15 is 0 Å². The SMILES string of the molecule is CNCC1(c2nccc(-c3ccc(OC)cc3)n2)CC1. The van der Waals surface area contributed by atoms with Gasteiger partial charge < -0.3 is 10.1 Å². The molecule has 0 saturated heterocycles. The minimum Gasteiger partial charge on any atom is -0.497 e. The second-order valence-corrected chi connectivity index (χ2v) is 5.30. The maximum atomic E-state index is 5.18. The van der Waals surface area contributed by atoms with Gasteiger partial charge in [-0.3, -0.25) is 0 Å². The van der Waals surface area contributed by atoms with Crippen LogP contribution in [0.3, 0.4) is 0 Å². The van der Waals surface area contributed by atoms with E-state index in [1.54, 1.807) is 7.11 Å². The second-order valence-electron chi connectivity index (χ2n) is 5.30. The third kappa shape index (κ3) is 2.39. The van der Waals surface area contributed by atoms with Gasteiger partial charge in [-0.15, -0.1) is 0 Å². The molecule has 0 amide bonds. The van der Waals surface area contributed by atoms with Gasteiger partial charge in [-0.2, -0.15) is 0 Å². The number of aromatic nitrogens is 2. The van der Waals surface area contributed by atoms with Crippen molar-refractivity contribution in [1.82, 2.24) is 15.3 Å². The number of nitrogens with zero attached hydrogens (tertiary/aromatic N) is 2. The molecule has 0 radical (unpaired) electrons. The molecule has 1 aromatic carbocycles. The summed E-state index contributed by atoms with van der Waals surface area (Å²) in [6.45, 7) is 0.944. The molecule has 1 aliphatic carbocycles. The standard InChI is InChI=1S/C16H19N3O/c1-17-11-16(8-9-16)15-18-10-7-14(19-15)12-3-5-13(20-2)6-4-12/h3-7,10,17H,8-9,11H2,1-2H3. The van der Waals surface area contributed by atoms with E-state index in [-0.39, 0.29) is 5.41 Å². The molecule has 4 heteroatoms. The average Bonchev–Trinajstić information content (AvgIpc) is 3.29. The molecule has 4 nitrogen and oxygen atoms in total. The van der Waals surface area contributed by atoms with Crippen molar-refractivity contribution in [3.05, 3.63) is 42.4 Å². The number of nitrogens with one attached hydrogen (secondary N) is 1. The first-order valence-corrected chi connectivity index (χ1v) is 6.90. The highest BCUT2D eigenvalue weighted by atomic mass is 16.5. The number of hydrogen-bond donors (Lipinski definition) is 1. The van der Waals surface area contributed by atoms with E-state index in [0.717, 1.165) is 29.4 Å². The first kappa shape index (κ1) is 13.1. The molecule has 1 aliphatic rings. The highest BCUT2D eigenvalue weighted by Gasteiger charge is 2.46. The lowest BCUT2D eigenvalue weighted by Gasteiger charge is -2.13. The molecule has 104 valence electrons. The Morgan fingerprint density at radius 3 is 2.55 bits per heavy atom. The van der Waals surface area contributed by atoms with Gasteiger partial charge in [0.15, 0.2) is 0 Å². The van der Waals surface area contributed by atoms with Crippen LogP contribution < -0.4 is 10.1 Å². The van der Waals surface area contributed by atoms with E-state index in [4.69, 9.17) is 9.72 Å². The molecule has 20 heavy (non-hydrogen) atoms. The van der Waals surface area contributed by atoms with Crippen LogP contribution in [0.15, 0.2) is 36.5 Å². The molecule has 1 N–H and O–H groups in total. The summed E-state index contributed by atoms with van der Waals surface area (Å²) in [5, 5.41) is 3.25. The Morgan fingerprint density at radius 1 is 1.20 bits per heavy atom. The first-order chi connectivity index (χ1) is 9.77. The summed E-state index contributed by atoms with van der Waals surface area (Å²) in [6.07, 6.45) is 4.19. The molecule has 1 fully saturated rings. The Hall–Kier alpha value is -1.94. The number of ether oxygens (including phenoxy) is 1. The van der Waals surface area contributed by atoms with Crippen LogP contribution in [0.1, 0.15) is 18.7 Å². The third-order valence-electron chi connectivity index (χ3n) is 3.88. The van der Waals surface area contributed by atoms with E-state index in [0.29, 0.717) is 0 Å². The summed E-state index contributed by atoms with van der Waals surface area (Å²) < 4.78 is 5.18. The van der Waals surface area contributed by atoms with E-state index in [1.165, 1.54) is 12.8 Å². The molecule has 0 unspecified atom stereocenters. The monoisotopic (exact) mass is 269 g/mol. The van der Waals surface area contributed by atoms with Crippen molar-refractivity contribution in [3.63, 3.8) is 0 Å². The Labute approximate surface area is 119 Å². The van der Waals surface area contributed by atoms with Gasteiger partial charge in [0.05, 0.1) is 12.8 Å². The molecule has 0 bridgehead atoms. The van der Waals surface area contributed by atoms with Crippen molar-refractivity contribution >= 4 is 0 Å². The van der Waals surface area contributed by atoms with Gasteiger partial charge in [-0.1, -0.05) is 0 Å². The largest absolute Gasteiger partial charge is 0.497 e. The lowest BCUT2D eigenvalue weighted by Crippen LogP contribution is -2.25. The molecular weight excluding hydrogens is 250 g/mol. The average molecular weight is 269 g/mol. The fourth-order valence-corrected chi connectivity index (χ4v) is 2.51. The first-order valence-electron chi connectivity index (χ1n) is 6.90. The zero-order chi connectivity index (χ0) is 14.0. The summed E-state index contributed by atoms with van der Waals surface area (Å²) in [5.74, 6) is 1.82. The van der Waals surface area contributed by atoms with Crippen molar-refractivity contribution in [2.75, 3.05) is 20.7 Å². The Kier molecular flexibility index (Phi) is 3.40. The van der Waals surface area contributed by atoms with Gasteiger partial charge in [0.1, 0.15) is 11.6 Å². The molecule has 0 aliphatic heterocycles. The molecule has 0 spiro atoms. The van der Waals surface area contributed by atoms with Crippen LogP contribution in [-0.2, 0) is 5.41 Å². The normalized spacial score (nSPS) is 15.9. The smallest absolute Gasteiger partial charge is 0.136 e. The highest BCUT2D eigenvalue weighted by molar-refractivity contribution is 5.59. The molecule has 1 aromatic heterocycles. The van der Waals surface area contributed by atoms with Crippen LogP contribution in [0, 0.1) is 0 Å². The topological polar surface area (TPSA) is 47.0 Å². The number of likely N-dealkylation sites (N-methyl/N-ethyl adjacent to an activating group) is 1. The van der Waals surface area contributed by atoms with E-state index in [1.807, 2.05) is 43.6 Å². The minimum atomic E-state index is 0.150. The van der Waals surface area contributed by atoms with Gasteiger partial charge >= 0.3 is 0 Å². The van der Waals surface area contributed by atoms with Crippen LogP contribution in [0.25, 0.3) is 11.3 Å². The lowest BCUT2D eigenvalue weighted by atomic mass is 10.1. The van der Waals surface area contributed by atoms with Crippen molar-refractivity contribution < 1.29 is 4.74 Å². The van der Waals surface area contributed by atoms with E-state index < -0.39 is 0 Å². The number of methoxy groups -OCH3 is 1. The molecule has 0 atom stereocenters. The van der Waals surface area contributed by atoms with Crippen molar-refractivity contribution in [2.24, 2.45) is 0 Å². The molecule has 3 rings (SSSR count). The van der Waals surface area contributed by atoms with Crippen LogP contribution in [-0.4, -0.2) is 30.7 Å². The van der Waals surface area contributed by atoms with Crippen LogP contribution in [0.2, 0.25) is 0 Å². The fraction of sp³-hybridized carbons (Fsp3) is 0.375. The van der Waals surface area contributed by atoms with E-state index in [2.05, 4.69) is 10.3 Å². The predicted octanol–water partition coefficient (Wildman–Crippen LogP) is 2.40. The number of benzene rings is 1. The van der Waals surface area contributed by atoms with Crippen LogP contribution in [0.5, 0.6) is 5.75 Å². The Morgan fingerprint density at radius 2 is 1.95 bits per heavy atom. The summed E-state index contributed by atoms with van der Waals surface area (Å²) in [4.78, 5) is 9.23. The minimum absolute atomic E-state index is 0.150. The van der Waals surface area contributed by atoms with Gasteiger partial charge in [0.2, 0.25) is 0 Å². The fourth-order valence-electron chi connectivity index (χ4n) is 2.51. The number of hydrogen-bond acceptors (Lipinski definition) is 4. The molecule has 1 heterocycles. The summed E-state index contributed by atoms with van der Waals surface area (Å²) in [6, 6.07) is 9.93. The zero-order valence-corrected chi connectivity index (χ0v) is 11.9. The Bertz CT molecular complexity index is 591. The molecular formula is C16H19N3O. The van der Waals surface area contributed by atoms with Crippen molar-refractivity contribution in [1.29, 1.82) is 0 Å². The third-order valence-corrected chi connectivity index (χ3v) is 3.88. The summed E-state index contributed by atoms with van der Waals surface area (Å²) in [5.41, 5.74) is 2.21. The van der Waals surface area contributed by atoms with Crippen LogP contribution in [0.4, 0.5) is 0 Å². The maximum absolute atomic E-state index is 5.18. The maximum Gasteiger partial charge on any atom is 0.136 e. The van der Waals surface area contributed by atoms with E-state index in [9.17, 15) is 0 Å².